The molecule has 0 saturated heterocycles. The summed E-state index contributed by atoms with van der Waals surface area (Å²) in [5.41, 5.74) is 0.650. The minimum atomic E-state index is -1.04. The molecule has 0 aromatic heterocycles. The molecule has 1 unspecified atom stereocenters. The summed E-state index contributed by atoms with van der Waals surface area (Å²) in [5, 5.41) is 5.25. The number of nitrogens with one attached hydrogen (secondary N) is 2. The van der Waals surface area contributed by atoms with Crippen LogP contribution in [0.2, 0.25) is 0 Å². The fourth-order valence-electron chi connectivity index (χ4n) is 2.75. The van der Waals surface area contributed by atoms with E-state index in [9.17, 15) is 19.2 Å². The molecule has 2 amide bonds. The molecule has 2 rings (SSSR count). The van der Waals surface area contributed by atoms with Crippen LogP contribution in [0.4, 0.5) is 5.69 Å². The van der Waals surface area contributed by atoms with Crippen LogP contribution < -0.4 is 15.4 Å². The zero-order valence-corrected chi connectivity index (χ0v) is 19.6. The maximum absolute atomic E-state index is 12.6. The van der Waals surface area contributed by atoms with E-state index >= 15 is 0 Å². The lowest BCUT2D eigenvalue weighted by Gasteiger charge is -2.18. The standard InChI is InChI=1S/C25H30N2O6/c1-6-32-20-10-8-7-9-19(20)23(30)26-15-21(28)33-16(2)22(29)17-11-13-18(14-12-17)27-24(31)25(3,4)5/h7-14,16H,6,15H2,1-5H3,(H,26,30)(H,27,31). The first-order valence-corrected chi connectivity index (χ1v) is 10.7. The number of anilines is 1. The molecule has 0 aliphatic carbocycles. The molecular weight excluding hydrogens is 424 g/mol. The second-order valence-corrected chi connectivity index (χ2v) is 8.39. The van der Waals surface area contributed by atoms with Crippen molar-refractivity contribution in [2.75, 3.05) is 18.5 Å². The summed E-state index contributed by atoms with van der Waals surface area (Å²) in [6.07, 6.45) is -1.04. The zero-order chi connectivity index (χ0) is 24.6. The third-order valence-electron chi connectivity index (χ3n) is 4.61. The summed E-state index contributed by atoms with van der Waals surface area (Å²) in [6, 6.07) is 13.0. The van der Waals surface area contributed by atoms with E-state index in [4.69, 9.17) is 9.47 Å². The van der Waals surface area contributed by atoms with Crippen LogP contribution in [-0.4, -0.2) is 42.8 Å². The van der Waals surface area contributed by atoms with Crippen LogP contribution in [0.5, 0.6) is 5.75 Å². The average molecular weight is 455 g/mol. The van der Waals surface area contributed by atoms with Crippen molar-refractivity contribution in [1.29, 1.82) is 0 Å². The molecule has 0 bridgehead atoms. The van der Waals surface area contributed by atoms with E-state index < -0.39 is 35.7 Å². The van der Waals surface area contributed by atoms with Crippen molar-refractivity contribution in [3.63, 3.8) is 0 Å². The topological polar surface area (TPSA) is 111 Å². The van der Waals surface area contributed by atoms with Gasteiger partial charge in [0.15, 0.2) is 6.10 Å². The highest BCUT2D eigenvalue weighted by Crippen LogP contribution is 2.19. The highest BCUT2D eigenvalue weighted by Gasteiger charge is 2.23. The largest absolute Gasteiger partial charge is 0.493 e. The molecule has 0 fully saturated rings. The molecular formula is C25H30N2O6. The summed E-state index contributed by atoms with van der Waals surface area (Å²) in [7, 11) is 0. The molecule has 2 aromatic rings. The second-order valence-electron chi connectivity index (χ2n) is 8.39. The number of benzene rings is 2. The molecule has 8 heteroatoms. The fraction of sp³-hybridized carbons (Fsp3) is 0.360. The van der Waals surface area contributed by atoms with Gasteiger partial charge < -0.3 is 20.1 Å². The first-order valence-electron chi connectivity index (χ1n) is 10.7. The van der Waals surface area contributed by atoms with Gasteiger partial charge in [0.1, 0.15) is 12.3 Å². The molecule has 0 saturated carbocycles. The lowest BCUT2D eigenvalue weighted by molar-refractivity contribution is -0.145. The Morgan fingerprint density at radius 2 is 1.61 bits per heavy atom. The first kappa shape index (κ1) is 25.6. The Hall–Kier alpha value is -3.68. The van der Waals surface area contributed by atoms with Crippen LogP contribution in [-0.2, 0) is 14.3 Å². The van der Waals surface area contributed by atoms with Crippen LogP contribution in [0.25, 0.3) is 0 Å². The van der Waals surface area contributed by atoms with E-state index in [2.05, 4.69) is 10.6 Å². The van der Waals surface area contributed by atoms with Gasteiger partial charge in [0.2, 0.25) is 11.7 Å². The fourth-order valence-corrected chi connectivity index (χ4v) is 2.75. The van der Waals surface area contributed by atoms with Crippen molar-refractivity contribution in [3.05, 3.63) is 59.7 Å². The molecule has 8 nitrogen and oxygen atoms in total. The number of hydrogen-bond acceptors (Lipinski definition) is 6. The molecule has 0 heterocycles. The highest BCUT2D eigenvalue weighted by molar-refractivity contribution is 6.02. The summed E-state index contributed by atoms with van der Waals surface area (Å²) in [6.45, 7) is 8.68. The van der Waals surface area contributed by atoms with Crippen molar-refractivity contribution < 1.29 is 28.7 Å². The van der Waals surface area contributed by atoms with E-state index in [-0.39, 0.29) is 5.91 Å². The summed E-state index contributed by atoms with van der Waals surface area (Å²) in [5.74, 6) is -1.36. The van der Waals surface area contributed by atoms with Gasteiger partial charge in [0, 0.05) is 16.7 Å². The molecule has 2 N–H and O–H groups in total. The van der Waals surface area contributed by atoms with E-state index in [1.165, 1.54) is 6.92 Å². The molecule has 176 valence electrons. The molecule has 1 atom stereocenters. The summed E-state index contributed by atoms with van der Waals surface area (Å²) < 4.78 is 10.6. The third kappa shape index (κ3) is 7.45. The normalized spacial score (nSPS) is 11.8. The van der Waals surface area contributed by atoms with Gasteiger partial charge in [-0.05, 0) is 50.2 Å². The number of amides is 2. The van der Waals surface area contributed by atoms with E-state index in [0.29, 0.717) is 29.2 Å². The zero-order valence-electron chi connectivity index (χ0n) is 19.6. The summed E-state index contributed by atoms with van der Waals surface area (Å²) in [4.78, 5) is 49.1. The van der Waals surface area contributed by atoms with Crippen LogP contribution in [0.1, 0.15) is 55.3 Å². The van der Waals surface area contributed by atoms with E-state index in [1.54, 1.807) is 76.2 Å². The van der Waals surface area contributed by atoms with Crippen molar-refractivity contribution in [1.82, 2.24) is 5.32 Å². The predicted octanol–water partition coefficient (Wildman–Crippen LogP) is 3.61. The van der Waals surface area contributed by atoms with E-state index in [1.807, 2.05) is 0 Å². The van der Waals surface area contributed by atoms with Gasteiger partial charge in [-0.2, -0.15) is 0 Å². The van der Waals surface area contributed by atoms with Gasteiger partial charge in [0.05, 0.1) is 12.2 Å². The smallest absolute Gasteiger partial charge is 0.326 e. The Bertz CT molecular complexity index is 1010. The van der Waals surface area contributed by atoms with Gasteiger partial charge in [-0.15, -0.1) is 0 Å². The molecule has 0 aliphatic heterocycles. The van der Waals surface area contributed by atoms with Crippen molar-refractivity contribution >= 4 is 29.3 Å². The number of rotatable bonds is 9. The number of carbonyl (C=O) groups is 4. The maximum Gasteiger partial charge on any atom is 0.326 e. The highest BCUT2D eigenvalue weighted by atomic mass is 16.5. The Morgan fingerprint density at radius 1 is 0.970 bits per heavy atom. The van der Waals surface area contributed by atoms with Crippen LogP contribution >= 0.6 is 0 Å². The van der Waals surface area contributed by atoms with Crippen LogP contribution in [0.15, 0.2) is 48.5 Å². The Kier molecular flexibility index (Phi) is 8.73. The lowest BCUT2D eigenvalue weighted by Crippen LogP contribution is -2.34. The Morgan fingerprint density at radius 3 is 2.21 bits per heavy atom. The number of ether oxygens (including phenoxy) is 2. The Balaban J connectivity index is 1.89. The molecule has 0 radical (unpaired) electrons. The van der Waals surface area contributed by atoms with Crippen LogP contribution in [0, 0.1) is 5.41 Å². The number of carbonyl (C=O) groups excluding carboxylic acids is 4. The number of esters is 1. The quantitative estimate of drug-likeness (QED) is 0.442. The van der Waals surface area contributed by atoms with E-state index in [0.717, 1.165) is 0 Å². The number of ketones is 1. The summed E-state index contributed by atoms with van der Waals surface area (Å²) >= 11 is 0. The number of hydrogen-bond donors (Lipinski definition) is 2. The minimum Gasteiger partial charge on any atom is -0.493 e. The predicted molar refractivity (Wildman–Crippen MR) is 124 cm³/mol. The van der Waals surface area contributed by atoms with Gasteiger partial charge in [-0.3, -0.25) is 19.2 Å². The Labute approximate surface area is 193 Å². The third-order valence-corrected chi connectivity index (χ3v) is 4.61. The number of para-hydroxylation sites is 1. The first-order chi connectivity index (χ1) is 15.5. The molecule has 0 spiro atoms. The monoisotopic (exact) mass is 454 g/mol. The average Bonchev–Trinajstić information content (AvgIpc) is 2.77. The minimum absolute atomic E-state index is 0.144. The number of Topliss-reactive ketones (excluding diaryl/α,β-unsaturated/α-hetero) is 1. The molecule has 2 aromatic carbocycles. The maximum atomic E-state index is 12.6. The lowest BCUT2D eigenvalue weighted by atomic mass is 9.95. The van der Waals surface area contributed by atoms with Gasteiger partial charge in [-0.25, -0.2) is 0 Å². The second kappa shape index (κ2) is 11.3. The van der Waals surface area contributed by atoms with Gasteiger partial charge in [-0.1, -0.05) is 32.9 Å². The van der Waals surface area contributed by atoms with Crippen LogP contribution in [0.3, 0.4) is 0 Å². The SMILES string of the molecule is CCOc1ccccc1C(=O)NCC(=O)OC(C)C(=O)c1ccc(NC(=O)C(C)(C)C)cc1. The van der Waals surface area contributed by atoms with Gasteiger partial charge >= 0.3 is 5.97 Å². The molecule has 0 aliphatic rings. The van der Waals surface area contributed by atoms with Crippen molar-refractivity contribution in [3.8, 4) is 5.75 Å². The molecule has 33 heavy (non-hydrogen) atoms. The van der Waals surface area contributed by atoms with Crippen molar-refractivity contribution in [2.24, 2.45) is 5.41 Å². The van der Waals surface area contributed by atoms with Crippen molar-refractivity contribution in [2.45, 2.75) is 40.7 Å². The van der Waals surface area contributed by atoms with Gasteiger partial charge in [0.25, 0.3) is 5.91 Å².